The fourth-order valence-electron chi connectivity index (χ4n) is 13.1. The molecule has 0 spiro atoms. The first-order chi connectivity index (χ1) is 43.9. The predicted octanol–water partition coefficient (Wildman–Crippen LogP) is 3.02. The molecule has 5 aliphatic rings. The maximum absolute atomic E-state index is 15.9. The van der Waals surface area contributed by atoms with Gasteiger partial charge in [-0.1, -0.05) is 86.6 Å². The number of carbonyl (C=O) groups excluding carboxylic acids is 8. The molecule has 4 fully saturated rings. The second-order valence-corrected chi connectivity index (χ2v) is 24.2. The molecule has 2 amide bonds. The van der Waals surface area contributed by atoms with E-state index in [2.05, 4.69) is 5.32 Å². The molecule has 2 unspecified atom stereocenters. The molecule has 2 saturated heterocycles. The molecule has 0 radical (unpaired) electrons. The molecule has 4 aromatic carbocycles. The third kappa shape index (κ3) is 13.3. The predicted molar refractivity (Wildman–Crippen MR) is 317 cm³/mol. The number of aliphatic carboxylic acids is 1. The minimum atomic E-state index is -2.58. The summed E-state index contributed by atoms with van der Waals surface area (Å²) in [4.78, 5) is 127. The van der Waals surface area contributed by atoms with Crippen LogP contribution in [0.4, 0.5) is 15.3 Å². The van der Waals surface area contributed by atoms with Gasteiger partial charge in [-0.15, -0.1) is 0 Å². The van der Waals surface area contributed by atoms with E-state index >= 15 is 9.59 Å². The lowest BCUT2D eigenvalue weighted by atomic mass is 9.44. The lowest BCUT2D eigenvalue weighted by Crippen LogP contribution is -2.82. The standard InChI is InChI=1S/C65H73N3O25/c1-32-41(29-65(83)54(92-57(79)38-21-15-10-16-22-38)52-63(6,42(71)28-43-64(52,31-86-43)93-34(3)70)53(75)49(87-33(2)69)44(32)62(65,4)5)88-58(80)50(45(36-17-11-8-12-18-36)67-55(76)37-19-13-9-14-20-37)91-61(82)84-26-25-68(7)60(81)85-30-35-23-24-40(39(66)27-35)89-59-48(74)46(72)47(73)51(90-59)56(77)78/h8-24,27,41-43,45-52,54,59,71-74,83H,25-26,28-31,66H2,1-7H3,(H,67,76)(H,77,78)/t41-,42-,43+,45-,46-,47-,48+,49+,50+,51-,52?,54?,59+,63+,64-,65+/m0/s1. The number of aliphatic hydroxyl groups is 5. The number of likely N-dealkylation sites (N-methyl/N-ethyl adjacent to an activating group) is 1. The van der Waals surface area contributed by atoms with Crippen LogP contribution in [0.2, 0.25) is 0 Å². The monoisotopic (exact) mass is 1300 g/mol. The van der Waals surface area contributed by atoms with Crippen LogP contribution in [0.5, 0.6) is 5.75 Å². The summed E-state index contributed by atoms with van der Waals surface area (Å²) in [6.45, 7) is 6.17. The van der Waals surface area contributed by atoms with E-state index in [1.165, 1.54) is 89.3 Å². The molecule has 2 aliphatic heterocycles. The molecule has 498 valence electrons. The third-order valence-electron chi connectivity index (χ3n) is 18.1. The number of hydrogen-bond donors (Lipinski definition) is 8. The maximum atomic E-state index is 15.9. The molecule has 28 heteroatoms. The molecule has 9 N–H and O–H groups in total. The first-order valence-electron chi connectivity index (χ1n) is 29.7. The van der Waals surface area contributed by atoms with Gasteiger partial charge in [-0.2, -0.15) is 0 Å². The van der Waals surface area contributed by atoms with E-state index in [1.54, 1.807) is 54.6 Å². The van der Waals surface area contributed by atoms with Gasteiger partial charge in [0.1, 0.15) is 67.2 Å². The molecule has 93 heavy (non-hydrogen) atoms. The van der Waals surface area contributed by atoms with Crippen LogP contribution in [-0.2, 0) is 73.2 Å². The fourth-order valence-corrected chi connectivity index (χ4v) is 13.1. The van der Waals surface area contributed by atoms with Crippen molar-refractivity contribution in [3.63, 3.8) is 0 Å². The van der Waals surface area contributed by atoms with Crippen LogP contribution in [0, 0.1) is 16.7 Å². The van der Waals surface area contributed by atoms with Gasteiger partial charge in [0.05, 0.1) is 41.8 Å². The van der Waals surface area contributed by atoms with E-state index in [1.807, 2.05) is 0 Å². The number of anilines is 1. The molecule has 4 aromatic rings. The summed E-state index contributed by atoms with van der Waals surface area (Å²) in [6.07, 6.45) is -23.6. The van der Waals surface area contributed by atoms with Crippen LogP contribution < -0.4 is 15.8 Å². The zero-order chi connectivity index (χ0) is 67.6. The summed E-state index contributed by atoms with van der Waals surface area (Å²) in [5, 5.41) is 69.1. The van der Waals surface area contributed by atoms with Crippen molar-refractivity contribution >= 4 is 59.5 Å². The highest BCUT2D eigenvalue weighted by molar-refractivity contribution is 5.96. The Kier molecular flexibility index (Phi) is 20.0. The number of amides is 2. The van der Waals surface area contributed by atoms with Gasteiger partial charge < -0.3 is 94.0 Å². The molecule has 0 aromatic heterocycles. The number of hydrogen-bond acceptors (Lipinski definition) is 25. The summed E-state index contributed by atoms with van der Waals surface area (Å²) in [5.41, 5.74) is -1.93. The summed E-state index contributed by atoms with van der Waals surface area (Å²) < 4.78 is 58.2. The van der Waals surface area contributed by atoms with Gasteiger partial charge in [-0.25, -0.2) is 24.0 Å². The number of nitrogens with two attached hydrogens (primary N) is 1. The average molecular weight is 1300 g/mol. The average Bonchev–Trinajstić information content (AvgIpc) is 0.670. The van der Waals surface area contributed by atoms with Crippen molar-refractivity contribution < 1.29 is 121 Å². The van der Waals surface area contributed by atoms with E-state index < -0.39 is 175 Å². The number of rotatable bonds is 19. The molecule has 3 aliphatic carbocycles. The number of esters is 4. The molecule has 2 saturated carbocycles. The largest absolute Gasteiger partial charge is 0.509 e. The third-order valence-corrected chi connectivity index (χ3v) is 18.1. The van der Waals surface area contributed by atoms with Gasteiger partial charge in [-0.05, 0) is 72.5 Å². The van der Waals surface area contributed by atoms with E-state index in [0.29, 0.717) is 5.56 Å². The first-order valence-corrected chi connectivity index (χ1v) is 29.7. The summed E-state index contributed by atoms with van der Waals surface area (Å²) in [6, 6.07) is 25.6. The number of carboxylic acid groups (broad SMARTS) is 1. The van der Waals surface area contributed by atoms with E-state index in [-0.39, 0.29) is 58.8 Å². The van der Waals surface area contributed by atoms with E-state index in [4.69, 9.17) is 53.1 Å². The molecule has 9 rings (SSSR count). The van der Waals surface area contributed by atoms with Crippen LogP contribution in [0.25, 0.3) is 0 Å². The van der Waals surface area contributed by atoms with Crippen molar-refractivity contribution in [1.29, 1.82) is 0 Å². The van der Waals surface area contributed by atoms with Crippen LogP contribution in [0.1, 0.15) is 92.3 Å². The number of carbonyl (C=O) groups is 9. The Morgan fingerprint density at radius 1 is 0.796 bits per heavy atom. The molecule has 2 heterocycles. The van der Waals surface area contributed by atoms with Gasteiger partial charge in [0.2, 0.25) is 12.4 Å². The summed E-state index contributed by atoms with van der Waals surface area (Å²) in [7, 11) is 1.30. The van der Waals surface area contributed by atoms with Crippen molar-refractivity contribution in [2.45, 2.75) is 146 Å². The number of Topliss-reactive ketones (excluding diaryl/α,β-unsaturated/α-hetero) is 1. The maximum Gasteiger partial charge on any atom is 0.509 e. The lowest BCUT2D eigenvalue weighted by Gasteiger charge is -2.67. The molecule has 28 nitrogen and oxygen atoms in total. The first kappa shape index (κ1) is 68.3. The van der Waals surface area contributed by atoms with Crippen molar-refractivity contribution in [2.75, 3.05) is 32.5 Å². The van der Waals surface area contributed by atoms with Gasteiger partial charge in [0.15, 0.2) is 23.6 Å². The number of nitrogen functional groups attached to an aromatic ring is 1. The highest BCUT2D eigenvalue weighted by atomic mass is 16.7. The number of carboxylic acids is 1. The number of fused-ring (bicyclic) bond motifs is 5. The minimum absolute atomic E-state index is 0.0136. The van der Waals surface area contributed by atoms with Crippen LogP contribution >= 0.6 is 0 Å². The number of benzene rings is 4. The summed E-state index contributed by atoms with van der Waals surface area (Å²) in [5.74, 6) is -9.41. The van der Waals surface area contributed by atoms with Crippen molar-refractivity contribution in [3.8, 4) is 5.75 Å². The van der Waals surface area contributed by atoms with Gasteiger partial charge in [0.25, 0.3) is 5.91 Å². The normalized spacial score (nSPS) is 29.8. The van der Waals surface area contributed by atoms with Gasteiger partial charge >= 0.3 is 42.1 Å². The van der Waals surface area contributed by atoms with Crippen molar-refractivity contribution in [3.05, 3.63) is 143 Å². The quantitative estimate of drug-likeness (QED) is 0.0289. The number of nitrogens with zero attached hydrogens (tertiary/aromatic N) is 1. The van der Waals surface area contributed by atoms with Crippen molar-refractivity contribution in [2.24, 2.45) is 16.7 Å². The zero-order valence-electron chi connectivity index (χ0n) is 51.6. The second-order valence-electron chi connectivity index (χ2n) is 24.2. The van der Waals surface area contributed by atoms with Crippen LogP contribution in [-0.4, -0.2) is 195 Å². The van der Waals surface area contributed by atoms with Gasteiger partial charge in [-0.3, -0.25) is 19.2 Å². The molecule has 2 bridgehead atoms. The minimum Gasteiger partial charge on any atom is -0.479 e. The highest BCUT2D eigenvalue weighted by Crippen LogP contribution is 2.64. The Hall–Kier alpha value is -9.03. The molecular formula is C65H73N3O25. The lowest BCUT2D eigenvalue weighted by molar-refractivity contribution is -0.346. The summed E-state index contributed by atoms with van der Waals surface area (Å²) >= 11 is 0. The Morgan fingerprint density at radius 2 is 1.43 bits per heavy atom. The Labute approximate surface area is 532 Å². The number of ketones is 1. The number of aliphatic hydroxyl groups excluding tert-OH is 4. The fraction of sp³-hybridized carbons (Fsp3) is 0.462. The second kappa shape index (κ2) is 27.3. The van der Waals surface area contributed by atoms with E-state index in [0.717, 1.165) is 18.7 Å². The Morgan fingerprint density at radius 3 is 2.02 bits per heavy atom. The Bertz CT molecular complexity index is 3530. The van der Waals surface area contributed by atoms with E-state index in [9.17, 15) is 64.2 Å². The molecular weight excluding hydrogens is 1220 g/mol. The Balaban J connectivity index is 1.01. The van der Waals surface area contributed by atoms with Crippen LogP contribution in [0.3, 0.4) is 0 Å². The number of nitrogens with one attached hydrogen (secondary N) is 1. The van der Waals surface area contributed by atoms with Crippen LogP contribution in [0.15, 0.2) is 120 Å². The zero-order valence-corrected chi connectivity index (χ0v) is 51.6. The highest BCUT2D eigenvalue weighted by Gasteiger charge is 2.78. The SMILES string of the molecule is CC(=O)O[C@H]1C(=O)[C@@]2(C)C(C(OC(=O)c3ccccc3)[C@]3(O)C[C@H](OC(=O)[C@H](OC(=O)OCCN(C)C(=O)OCc4ccc(O[C@@H]5O[C@H](C(=O)O)[C@@H](O)[C@H](O)[C@H]5O)c(N)c4)[C@@H](NC(=O)c4ccccc4)c4ccccc4)C(C)=C1C3(C)C)[C@]1(OC(C)=O)CO[C@@H]1C[C@@H]2O. The topological polar surface area (TPSA) is 409 Å². The molecule has 16 atom stereocenters. The smallest absolute Gasteiger partial charge is 0.479 e. The van der Waals surface area contributed by atoms with Crippen molar-refractivity contribution in [1.82, 2.24) is 10.2 Å². The van der Waals surface area contributed by atoms with Gasteiger partial charge in [0, 0.05) is 44.7 Å². The number of ether oxygens (including phenoxy) is 10.